The van der Waals surface area contributed by atoms with Crippen molar-refractivity contribution in [2.45, 2.75) is 26.2 Å². The lowest BCUT2D eigenvalue weighted by molar-refractivity contribution is 0.590. The lowest BCUT2D eigenvalue weighted by atomic mass is 9.85. The van der Waals surface area contributed by atoms with Crippen LogP contribution in [0.2, 0.25) is 0 Å². The highest BCUT2D eigenvalue weighted by Gasteiger charge is 2.19. The highest BCUT2D eigenvalue weighted by Crippen LogP contribution is 2.44. The zero-order chi connectivity index (χ0) is 25.1. The van der Waals surface area contributed by atoms with E-state index in [0.717, 1.165) is 11.2 Å². The van der Waals surface area contributed by atoms with Gasteiger partial charge in [-0.3, -0.25) is 0 Å². The van der Waals surface area contributed by atoms with Crippen LogP contribution in [0.5, 0.6) is 0 Å². The molecule has 0 aliphatic rings. The molecular weight excluding hydrogens is 448 g/mol. The smallest absolute Gasteiger partial charge is 0.135 e. The monoisotopic (exact) mass is 476 g/mol. The minimum atomic E-state index is 0.0784. The Morgan fingerprint density at radius 3 is 1.49 bits per heavy atom. The molecule has 0 N–H and O–H groups in total. The van der Waals surface area contributed by atoms with Crippen LogP contribution in [0.3, 0.4) is 0 Å². The third-order valence-corrected chi connectivity index (χ3v) is 7.62. The van der Waals surface area contributed by atoms with Crippen molar-refractivity contribution < 1.29 is 4.42 Å². The molecule has 0 spiro atoms. The van der Waals surface area contributed by atoms with Gasteiger partial charge in [0.2, 0.25) is 0 Å². The summed E-state index contributed by atoms with van der Waals surface area (Å²) in [7, 11) is 0. The maximum absolute atomic E-state index is 6.26. The van der Waals surface area contributed by atoms with Crippen LogP contribution in [0.25, 0.3) is 65.7 Å². The molecule has 6 aromatic carbocycles. The zero-order valence-corrected chi connectivity index (χ0v) is 21.4. The lowest BCUT2D eigenvalue weighted by Crippen LogP contribution is -2.10. The molecule has 1 aromatic heterocycles. The van der Waals surface area contributed by atoms with Gasteiger partial charge in [0.25, 0.3) is 0 Å². The Balaban J connectivity index is 1.57. The quantitative estimate of drug-likeness (QED) is 0.226. The van der Waals surface area contributed by atoms with Crippen molar-refractivity contribution in [2.24, 2.45) is 0 Å². The van der Waals surface area contributed by atoms with Crippen molar-refractivity contribution in [3.05, 3.63) is 121 Å². The maximum atomic E-state index is 6.26. The van der Waals surface area contributed by atoms with Gasteiger partial charge in [-0.2, -0.15) is 0 Å². The topological polar surface area (TPSA) is 13.1 Å². The molecule has 0 fully saturated rings. The molecule has 0 unspecified atom stereocenters. The van der Waals surface area contributed by atoms with E-state index < -0.39 is 0 Å². The summed E-state index contributed by atoms with van der Waals surface area (Å²) < 4.78 is 6.26. The van der Waals surface area contributed by atoms with Crippen molar-refractivity contribution in [2.75, 3.05) is 0 Å². The third kappa shape index (κ3) is 3.46. The van der Waals surface area contributed by atoms with Crippen LogP contribution in [-0.2, 0) is 5.41 Å². The average molecular weight is 477 g/mol. The molecule has 178 valence electrons. The fourth-order valence-electron chi connectivity index (χ4n) is 5.75. The lowest BCUT2D eigenvalue weighted by Gasteiger charge is -2.18. The number of benzene rings is 6. The van der Waals surface area contributed by atoms with Crippen LogP contribution in [0, 0.1) is 0 Å². The van der Waals surface area contributed by atoms with Crippen LogP contribution < -0.4 is 0 Å². The predicted octanol–water partition coefficient (Wildman–Crippen LogP) is 10.5. The van der Waals surface area contributed by atoms with Crippen LogP contribution in [0.1, 0.15) is 26.3 Å². The Kier molecular flexibility index (Phi) is 4.78. The molecule has 1 heterocycles. The van der Waals surface area contributed by atoms with Crippen LogP contribution in [0.15, 0.2) is 120 Å². The number of rotatable bonds is 2. The summed E-state index contributed by atoms with van der Waals surface area (Å²) in [6.45, 7) is 6.78. The van der Waals surface area contributed by atoms with Crippen LogP contribution in [0.4, 0.5) is 0 Å². The second kappa shape index (κ2) is 8.08. The summed E-state index contributed by atoms with van der Waals surface area (Å²) in [5.41, 5.74) is 8.28. The van der Waals surface area contributed by atoms with E-state index in [0.29, 0.717) is 0 Å². The fourth-order valence-corrected chi connectivity index (χ4v) is 5.75. The molecule has 7 rings (SSSR count). The third-order valence-electron chi connectivity index (χ3n) is 7.62. The second-order valence-corrected chi connectivity index (χ2v) is 11.0. The van der Waals surface area contributed by atoms with E-state index in [1.54, 1.807) is 0 Å². The Bertz CT molecular complexity index is 1890. The van der Waals surface area contributed by atoms with Gasteiger partial charge in [-0.25, -0.2) is 0 Å². The fraction of sp³-hybridized carbons (Fsp3) is 0.111. The van der Waals surface area contributed by atoms with E-state index in [1.807, 2.05) is 0 Å². The van der Waals surface area contributed by atoms with Gasteiger partial charge >= 0.3 is 0 Å². The van der Waals surface area contributed by atoms with Crippen molar-refractivity contribution in [3.63, 3.8) is 0 Å². The summed E-state index contributed by atoms with van der Waals surface area (Å²) in [6.07, 6.45) is 0. The van der Waals surface area contributed by atoms with Gasteiger partial charge in [0.1, 0.15) is 11.2 Å². The van der Waals surface area contributed by atoms with Gasteiger partial charge in [-0.1, -0.05) is 112 Å². The molecule has 0 aliphatic heterocycles. The molecule has 7 aromatic rings. The first-order chi connectivity index (χ1) is 18.0. The van der Waals surface area contributed by atoms with E-state index in [1.165, 1.54) is 60.1 Å². The first kappa shape index (κ1) is 21.9. The molecule has 0 radical (unpaired) electrons. The standard InChI is InChI=1S/C36H28O/c1-36(2,3)25-18-20-33-31(22-25)30-21-24(17-19-32(30)37-33)35-28-15-9-7-13-26(28)34(23-11-5-4-6-12-23)27-14-8-10-16-29(27)35/h4-22H,1-3H3. The average Bonchev–Trinajstić information content (AvgIpc) is 3.29. The predicted molar refractivity (Wildman–Crippen MR) is 158 cm³/mol. The largest absolute Gasteiger partial charge is 0.456 e. The molecular formula is C36H28O. The molecule has 0 saturated heterocycles. The van der Waals surface area contributed by atoms with Gasteiger partial charge < -0.3 is 4.42 Å². The summed E-state index contributed by atoms with van der Waals surface area (Å²) >= 11 is 0. The van der Waals surface area contributed by atoms with Gasteiger partial charge in [-0.15, -0.1) is 0 Å². The van der Waals surface area contributed by atoms with Crippen molar-refractivity contribution >= 4 is 43.5 Å². The van der Waals surface area contributed by atoms with Crippen LogP contribution >= 0.6 is 0 Å². The Morgan fingerprint density at radius 2 is 0.919 bits per heavy atom. The molecule has 37 heavy (non-hydrogen) atoms. The minimum Gasteiger partial charge on any atom is -0.456 e. The Labute approximate surface area is 217 Å². The summed E-state index contributed by atoms with van der Waals surface area (Å²) in [5.74, 6) is 0. The first-order valence-electron chi connectivity index (χ1n) is 12.9. The van der Waals surface area contributed by atoms with Gasteiger partial charge in [0.05, 0.1) is 0 Å². The number of hydrogen-bond donors (Lipinski definition) is 0. The van der Waals surface area contributed by atoms with Gasteiger partial charge in [-0.05, 0) is 79.0 Å². The van der Waals surface area contributed by atoms with E-state index in [2.05, 4.69) is 136 Å². The maximum Gasteiger partial charge on any atom is 0.135 e. The van der Waals surface area contributed by atoms with E-state index in [9.17, 15) is 0 Å². The SMILES string of the molecule is CC(C)(C)c1ccc2oc3ccc(-c4c5ccccc5c(-c5ccccc5)c5ccccc45)cc3c2c1. The molecule has 1 nitrogen and oxygen atoms in total. The normalized spacial score (nSPS) is 12.2. The van der Waals surface area contributed by atoms with Gasteiger partial charge in [0, 0.05) is 10.8 Å². The van der Waals surface area contributed by atoms with E-state index in [-0.39, 0.29) is 5.41 Å². The number of hydrogen-bond acceptors (Lipinski definition) is 1. The highest BCUT2D eigenvalue weighted by atomic mass is 16.3. The molecule has 1 heteroatoms. The zero-order valence-electron chi connectivity index (χ0n) is 21.4. The summed E-state index contributed by atoms with van der Waals surface area (Å²) in [4.78, 5) is 0. The van der Waals surface area contributed by atoms with Crippen molar-refractivity contribution in [3.8, 4) is 22.3 Å². The summed E-state index contributed by atoms with van der Waals surface area (Å²) in [5, 5.41) is 7.42. The highest BCUT2D eigenvalue weighted by molar-refractivity contribution is 6.22. The number of furan rings is 1. The number of fused-ring (bicyclic) bond motifs is 5. The summed E-state index contributed by atoms with van der Waals surface area (Å²) in [6, 6.07) is 41.7. The Hall–Kier alpha value is -4.36. The minimum absolute atomic E-state index is 0.0784. The Morgan fingerprint density at radius 1 is 0.432 bits per heavy atom. The van der Waals surface area contributed by atoms with Crippen molar-refractivity contribution in [1.82, 2.24) is 0 Å². The second-order valence-electron chi connectivity index (χ2n) is 11.0. The van der Waals surface area contributed by atoms with E-state index in [4.69, 9.17) is 4.42 Å². The van der Waals surface area contributed by atoms with E-state index >= 15 is 0 Å². The molecule has 0 amide bonds. The molecule has 0 atom stereocenters. The van der Waals surface area contributed by atoms with Crippen molar-refractivity contribution in [1.29, 1.82) is 0 Å². The molecule has 0 saturated carbocycles. The first-order valence-corrected chi connectivity index (χ1v) is 12.9. The van der Waals surface area contributed by atoms with Gasteiger partial charge in [0.15, 0.2) is 0 Å². The van der Waals surface area contributed by atoms with Crippen LogP contribution in [-0.4, -0.2) is 0 Å². The molecule has 0 aliphatic carbocycles. The molecule has 0 bridgehead atoms.